The van der Waals surface area contributed by atoms with Crippen LogP contribution in [0, 0.1) is 13.8 Å². The molecule has 4 rings (SSSR count). The Bertz CT molecular complexity index is 831. The molecule has 0 radical (unpaired) electrons. The first-order chi connectivity index (χ1) is 12.2. The van der Waals surface area contributed by atoms with E-state index in [2.05, 4.69) is 79.1 Å². The van der Waals surface area contributed by atoms with Crippen LogP contribution in [-0.4, -0.2) is 4.57 Å². The van der Waals surface area contributed by atoms with Gasteiger partial charge in [0.05, 0.1) is 5.69 Å². The largest absolute Gasteiger partial charge is 0.314 e. The molecule has 0 unspecified atom stereocenters. The van der Waals surface area contributed by atoms with Crippen molar-refractivity contribution in [3.63, 3.8) is 0 Å². The Labute approximate surface area is 151 Å². The SMILES string of the molecule is Cc1ccc(-n2c(C)ccc2-c2ccc(C3CCCCC3)cc2)cc1. The van der Waals surface area contributed by atoms with E-state index in [9.17, 15) is 0 Å². The summed E-state index contributed by atoms with van der Waals surface area (Å²) in [5, 5.41) is 0. The van der Waals surface area contributed by atoms with Crippen molar-refractivity contribution in [2.75, 3.05) is 0 Å². The molecule has 25 heavy (non-hydrogen) atoms. The second-order valence-electron chi connectivity index (χ2n) is 7.49. The second-order valence-corrected chi connectivity index (χ2v) is 7.49. The normalized spacial score (nSPS) is 15.4. The lowest BCUT2D eigenvalue weighted by atomic mass is 9.84. The van der Waals surface area contributed by atoms with E-state index in [1.54, 1.807) is 0 Å². The topological polar surface area (TPSA) is 4.93 Å². The van der Waals surface area contributed by atoms with Crippen LogP contribution < -0.4 is 0 Å². The van der Waals surface area contributed by atoms with Crippen LogP contribution in [0.2, 0.25) is 0 Å². The fraction of sp³-hybridized carbons (Fsp3) is 0.333. The quantitative estimate of drug-likeness (QED) is 0.497. The summed E-state index contributed by atoms with van der Waals surface area (Å²) in [6.45, 7) is 4.32. The summed E-state index contributed by atoms with van der Waals surface area (Å²) >= 11 is 0. The highest BCUT2D eigenvalue weighted by Gasteiger charge is 2.16. The zero-order valence-electron chi connectivity index (χ0n) is 15.3. The van der Waals surface area contributed by atoms with Crippen LogP contribution in [0.3, 0.4) is 0 Å². The molecule has 0 N–H and O–H groups in total. The van der Waals surface area contributed by atoms with E-state index in [0.29, 0.717) is 0 Å². The molecular weight excluding hydrogens is 302 g/mol. The molecule has 1 aliphatic rings. The highest BCUT2D eigenvalue weighted by molar-refractivity contribution is 5.64. The zero-order valence-corrected chi connectivity index (χ0v) is 15.3. The summed E-state index contributed by atoms with van der Waals surface area (Å²) in [7, 11) is 0. The lowest BCUT2D eigenvalue weighted by Gasteiger charge is -2.22. The number of rotatable bonds is 3. The van der Waals surface area contributed by atoms with E-state index in [0.717, 1.165) is 5.92 Å². The number of benzene rings is 2. The van der Waals surface area contributed by atoms with Crippen molar-refractivity contribution in [3.8, 4) is 16.9 Å². The van der Waals surface area contributed by atoms with Gasteiger partial charge < -0.3 is 4.57 Å². The molecule has 2 aromatic carbocycles. The molecular formula is C24H27N. The summed E-state index contributed by atoms with van der Waals surface area (Å²) in [6.07, 6.45) is 6.91. The Morgan fingerprint density at radius 1 is 0.720 bits per heavy atom. The molecule has 1 aliphatic carbocycles. The highest BCUT2D eigenvalue weighted by Crippen LogP contribution is 2.34. The van der Waals surface area contributed by atoms with Gasteiger partial charge in [0.25, 0.3) is 0 Å². The molecule has 128 valence electrons. The number of nitrogens with zero attached hydrogens (tertiary/aromatic N) is 1. The van der Waals surface area contributed by atoms with Gasteiger partial charge in [-0.25, -0.2) is 0 Å². The molecule has 0 saturated heterocycles. The van der Waals surface area contributed by atoms with Crippen molar-refractivity contribution in [2.24, 2.45) is 0 Å². The fourth-order valence-electron chi connectivity index (χ4n) is 4.16. The Hall–Kier alpha value is -2.28. The summed E-state index contributed by atoms with van der Waals surface area (Å²) in [4.78, 5) is 0. The van der Waals surface area contributed by atoms with Crippen molar-refractivity contribution in [2.45, 2.75) is 51.9 Å². The minimum Gasteiger partial charge on any atom is -0.314 e. The van der Waals surface area contributed by atoms with Crippen LogP contribution >= 0.6 is 0 Å². The van der Waals surface area contributed by atoms with Crippen LogP contribution in [0.5, 0.6) is 0 Å². The molecule has 0 aliphatic heterocycles. The Balaban J connectivity index is 1.67. The van der Waals surface area contributed by atoms with Crippen LogP contribution in [0.15, 0.2) is 60.7 Å². The minimum absolute atomic E-state index is 0.772. The van der Waals surface area contributed by atoms with Crippen molar-refractivity contribution < 1.29 is 0 Å². The fourth-order valence-corrected chi connectivity index (χ4v) is 4.16. The van der Waals surface area contributed by atoms with Gasteiger partial charge in [-0.2, -0.15) is 0 Å². The third-order valence-electron chi connectivity index (χ3n) is 5.65. The van der Waals surface area contributed by atoms with Crippen molar-refractivity contribution in [1.29, 1.82) is 0 Å². The lowest BCUT2D eigenvalue weighted by Crippen LogP contribution is -2.04. The van der Waals surface area contributed by atoms with Gasteiger partial charge >= 0.3 is 0 Å². The van der Waals surface area contributed by atoms with E-state index in [-0.39, 0.29) is 0 Å². The molecule has 1 aromatic heterocycles. The van der Waals surface area contributed by atoms with Gasteiger partial charge in [0.2, 0.25) is 0 Å². The maximum absolute atomic E-state index is 2.36. The maximum Gasteiger partial charge on any atom is 0.0531 e. The molecule has 1 saturated carbocycles. The smallest absolute Gasteiger partial charge is 0.0531 e. The van der Waals surface area contributed by atoms with Gasteiger partial charge in [-0.05, 0) is 68.0 Å². The summed E-state index contributed by atoms with van der Waals surface area (Å²) in [5.74, 6) is 0.772. The minimum atomic E-state index is 0.772. The van der Waals surface area contributed by atoms with Gasteiger partial charge in [-0.1, -0.05) is 61.2 Å². The molecule has 0 spiro atoms. The molecule has 0 atom stereocenters. The van der Waals surface area contributed by atoms with Gasteiger partial charge in [-0.15, -0.1) is 0 Å². The Morgan fingerprint density at radius 3 is 2.08 bits per heavy atom. The van der Waals surface area contributed by atoms with Crippen molar-refractivity contribution >= 4 is 0 Å². The number of hydrogen-bond donors (Lipinski definition) is 0. The maximum atomic E-state index is 2.36. The summed E-state index contributed by atoms with van der Waals surface area (Å²) in [5.41, 5.74) is 7.90. The van der Waals surface area contributed by atoms with E-state index in [4.69, 9.17) is 0 Å². The number of hydrogen-bond acceptors (Lipinski definition) is 0. The van der Waals surface area contributed by atoms with Crippen molar-refractivity contribution in [3.05, 3.63) is 77.5 Å². The average Bonchev–Trinajstić information content (AvgIpc) is 3.05. The van der Waals surface area contributed by atoms with Gasteiger partial charge in [-0.3, -0.25) is 0 Å². The zero-order chi connectivity index (χ0) is 17.2. The third kappa shape index (κ3) is 3.28. The molecule has 1 heterocycles. The second kappa shape index (κ2) is 6.92. The predicted octanol–water partition coefficient (Wildman–Crippen LogP) is 6.81. The molecule has 0 bridgehead atoms. The molecule has 0 amide bonds. The van der Waals surface area contributed by atoms with Gasteiger partial charge in [0.1, 0.15) is 0 Å². The number of aryl methyl sites for hydroxylation is 2. The Morgan fingerprint density at radius 2 is 1.40 bits per heavy atom. The standard InChI is InChI=1S/C24H27N/c1-18-8-15-23(16-9-18)25-19(2)10-17-24(25)22-13-11-21(12-14-22)20-6-4-3-5-7-20/h8-17,20H,3-7H2,1-2H3. The first kappa shape index (κ1) is 16.2. The van der Waals surface area contributed by atoms with E-state index in [1.165, 1.54) is 65.9 Å². The molecule has 1 heteroatoms. The Kier molecular flexibility index (Phi) is 4.48. The van der Waals surface area contributed by atoms with E-state index < -0.39 is 0 Å². The summed E-state index contributed by atoms with van der Waals surface area (Å²) < 4.78 is 2.36. The molecule has 3 aromatic rings. The van der Waals surface area contributed by atoms with E-state index in [1.807, 2.05) is 0 Å². The third-order valence-corrected chi connectivity index (χ3v) is 5.65. The molecule has 1 nitrogen and oxygen atoms in total. The first-order valence-corrected chi connectivity index (χ1v) is 9.58. The summed E-state index contributed by atoms with van der Waals surface area (Å²) in [6, 6.07) is 22.6. The monoisotopic (exact) mass is 329 g/mol. The first-order valence-electron chi connectivity index (χ1n) is 9.58. The molecule has 1 fully saturated rings. The van der Waals surface area contributed by atoms with Crippen LogP contribution in [-0.2, 0) is 0 Å². The van der Waals surface area contributed by atoms with Crippen LogP contribution in [0.4, 0.5) is 0 Å². The number of aromatic nitrogens is 1. The average molecular weight is 329 g/mol. The van der Waals surface area contributed by atoms with Crippen LogP contribution in [0.1, 0.15) is 54.8 Å². The predicted molar refractivity (Wildman–Crippen MR) is 107 cm³/mol. The van der Waals surface area contributed by atoms with E-state index >= 15 is 0 Å². The lowest BCUT2D eigenvalue weighted by molar-refractivity contribution is 0.443. The highest BCUT2D eigenvalue weighted by atomic mass is 15.0. The van der Waals surface area contributed by atoms with Crippen molar-refractivity contribution in [1.82, 2.24) is 4.57 Å². The van der Waals surface area contributed by atoms with Gasteiger partial charge in [0, 0.05) is 11.4 Å². The van der Waals surface area contributed by atoms with Gasteiger partial charge in [0.15, 0.2) is 0 Å². The van der Waals surface area contributed by atoms with Crippen LogP contribution in [0.25, 0.3) is 16.9 Å².